The molecule has 3 aromatic heterocycles. The summed E-state index contributed by atoms with van der Waals surface area (Å²) in [5.41, 5.74) is 1.30. The molecule has 0 aliphatic carbocycles. The molecule has 0 radical (unpaired) electrons. The molecule has 0 amide bonds. The van der Waals surface area contributed by atoms with Crippen molar-refractivity contribution in [3.05, 3.63) is 46.1 Å². The first kappa shape index (κ1) is 9.81. The zero-order chi connectivity index (χ0) is 10.8. The number of thiophene rings is 2. The molecule has 0 bridgehead atoms. The lowest BCUT2D eigenvalue weighted by molar-refractivity contribution is 1.13. The summed E-state index contributed by atoms with van der Waals surface area (Å²) in [5.74, 6) is 0.977. The highest BCUT2D eigenvalue weighted by Gasteiger charge is 2.02. The highest BCUT2D eigenvalue weighted by atomic mass is 32.1. The number of anilines is 1. The van der Waals surface area contributed by atoms with Crippen molar-refractivity contribution >= 4 is 38.6 Å². The summed E-state index contributed by atoms with van der Waals surface area (Å²) in [5, 5.41) is 10.9. The van der Waals surface area contributed by atoms with Crippen molar-refractivity contribution < 1.29 is 0 Å². The van der Waals surface area contributed by atoms with Crippen LogP contribution in [-0.2, 0) is 6.54 Å². The summed E-state index contributed by atoms with van der Waals surface area (Å²) in [4.78, 5) is 4.38. The number of hydrogen-bond donors (Lipinski definition) is 1. The summed E-state index contributed by atoms with van der Waals surface area (Å²) < 4.78 is 1.28. The van der Waals surface area contributed by atoms with E-state index in [1.807, 2.05) is 6.20 Å². The van der Waals surface area contributed by atoms with Crippen LogP contribution < -0.4 is 5.32 Å². The molecule has 0 aromatic carbocycles. The predicted octanol–water partition coefficient (Wildman–Crippen LogP) is 3.97. The van der Waals surface area contributed by atoms with Crippen molar-refractivity contribution in [3.8, 4) is 0 Å². The molecule has 0 saturated heterocycles. The smallest absolute Gasteiger partial charge is 0.134 e. The number of pyridine rings is 1. The molecule has 1 N–H and O–H groups in total. The quantitative estimate of drug-likeness (QED) is 0.756. The van der Waals surface area contributed by atoms with Gasteiger partial charge in [-0.1, -0.05) is 0 Å². The van der Waals surface area contributed by atoms with Gasteiger partial charge in [-0.15, -0.1) is 11.3 Å². The maximum Gasteiger partial charge on any atom is 0.134 e. The molecule has 0 unspecified atom stereocenters. The molecule has 3 aromatic rings. The molecule has 2 nitrogen and oxygen atoms in total. The summed E-state index contributed by atoms with van der Waals surface area (Å²) >= 11 is 3.47. The van der Waals surface area contributed by atoms with Gasteiger partial charge < -0.3 is 5.32 Å². The van der Waals surface area contributed by atoms with Crippen LogP contribution in [0.3, 0.4) is 0 Å². The Bertz CT molecular complexity index is 584. The summed E-state index contributed by atoms with van der Waals surface area (Å²) in [6.45, 7) is 0.839. The lowest BCUT2D eigenvalue weighted by atomic mass is 10.3. The fraction of sp³-hybridized carbons (Fsp3) is 0.0833. The Balaban J connectivity index is 1.86. The average Bonchev–Trinajstić information content (AvgIpc) is 2.97. The second-order valence-corrected chi connectivity index (χ2v) is 5.20. The van der Waals surface area contributed by atoms with Gasteiger partial charge in [0.05, 0.1) is 0 Å². The van der Waals surface area contributed by atoms with Crippen LogP contribution in [0.1, 0.15) is 5.56 Å². The van der Waals surface area contributed by atoms with E-state index in [2.05, 4.69) is 44.6 Å². The molecule has 3 heterocycles. The van der Waals surface area contributed by atoms with Crippen LogP contribution in [0.25, 0.3) is 10.1 Å². The third kappa shape index (κ3) is 1.81. The number of aromatic nitrogens is 1. The Morgan fingerprint density at radius 2 is 2.19 bits per heavy atom. The van der Waals surface area contributed by atoms with Gasteiger partial charge in [-0.05, 0) is 39.9 Å². The van der Waals surface area contributed by atoms with Gasteiger partial charge in [0, 0.05) is 22.8 Å². The molecule has 4 heteroatoms. The highest BCUT2D eigenvalue weighted by molar-refractivity contribution is 7.17. The number of rotatable bonds is 3. The van der Waals surface area contributed by atoms with Crippen molar-refractivity contribution in [2.75, 3.05) is 5.32 Å². The van der Waals surface area contributed by atoms with E-state index in [1.54, 1.807) is 22.7 Å². The van der Waals surface area contributed by atoms with E-state index in [4.69, 9.17) is 0 Å². The number of fused-ring (bicyclic) bond motifs is 1. The van der Waals surface area contributed by atoms with Gasteiger partial charge in [0.15, 0.2) is 0 Å². The van der Waals surface area contributed by atoms with E-state index >= 15 is 0 Å². The molecule has 16 heavy (non-hydrogen) atoms. The Morgan fingerprint density at radius 3 is 3.06 bits per heavy atom. The minimum atomic E-state index is 0.839. The summed E-state index contributed by atoms with van der Waals surface area (Å²) in [6.07, 6.45) is 1.86. The molecule has 0 saturated carbocycles. The van der Waals surface area contributed by atoms with E-state index in [1.165, 1.54) is 15.6 Å². The molecule has 0 aliphatic heterocycles. The molecule has 0 fully saturated rings. The molecule has 0 atom stereocenters. The second kappa shape index (κ2) is 4.23. The lowest BCUT2D eigenvalue weighted by Crippen LogP contribution is -1.99. The maximum absolute atomic E-state index is 4.38. The van der Waals surface area contributed by atoms with E-state index in [0.29, 0.717) is 0 Å². The van der Waals surface area contributed by atoms with Gasteiger partial charge in [0.2, 0.25) is 0 Å². The standard InChI is InChI=1S/C12H10N2S2/c1-4-13-12(10-3-6-16-11(1)10)14-7-9-2-5-15-8-9/h1-6,8H,7H2,(H,13,14). The van der Waals surface area contributed by atoms with Crippen molar-refractivity contribution in [2.24, 2.45) is 0 Å². The first-order chi connectivity index (χ1) is 7.93. The zero-order valence-corrected chi connectivity index (χ0v) is 10.1. The molecular weight excluding hydrogens is 236 g/mol. The van der Waals surface area contributed by atoms with Gasteiger partial charge in [-0.3, -0.25) is 0 Å². The van der Waals surface area contributed by atoms with Crippen molar-refractivity contribution in [2.45, 2.75) is 6.54 Å². The van der Waals surface area contributed by atoms with Crippen molar-refractivity contribution in [3.63, 3.8) is 0 Å². The lowest BCUT2D eigenvalue weighted by Gasteiger charge is -2.04. The van der Waals surface area contributed by atoms with Crippen LogP contribution in [0.5, 0.6) is 0 Å². The third-order valence-corrected chi connectivity index (χ3v) is 4.03. The van der Waals surface area contributed by atoms with E-state index < -0.39 is 0 Å². The molecule has 0 aliphatic rings. The summed E-state index contributed by atoms with van der Waals surface area (Å²) in [7, 11) is 0. The highest BCUT2D eigenvalue weighted by Crippen LogP contribution is 2.26. The van der Waals surface area contributed by atoms with E-state index in [0.717, 1.165) is 12.4 Å². The van der Waals surface area contributed by atoms with Crippen LogP contribution in [0.15, 0.2) is 40.5 Å². The number of hydrogen-bond acceptors (Lipinski definition) is 4. The normalized spacial score (nSPS) is 10.8. The van der Waals surface area contributed by atoms with Gasteiger partial charge in [-0.25, -0.2) is 4.98 Å². The number of nitrogens with one attached hydrogen (secondary N) is 1. The molecule has 80 valence electrons. The van der Waals surface area contributed by atoms with E-state index in [9.17, 15) is 0 Å². The topological polar surface area (TPSA) is 24.9 Å². The predicted molar refractivity (Wildman–Crippen MR) is 71.3 cm³/mol. The van der Waals surface area contributed by atoms with Crippen molar-refractivity contribution in [1.29, 1.82) is 0 Å². The van der Waals surface area contributed by atoms with Gasteiger partial charge >= 0.3 is 0 Å². The molecular formula is C12H10N2S2. The first-order valence-electron chi connectivity index (χ1n) is 5.00. The largest absolute Gasteiger partial charge is 0.365 e. The SMILES string of the molecule is c1cc2sccc2c(NCc2ccsc2)n1. The molecule has 0 spiro atoms. The number of nitrogens with zero attached hydrogens (tertiary/aromatic N) is 1. The van der Waals surface area contributed by atoms with E-state index in [-0.39, 0.29) is 0 Å². The second-order valence-electron chi connectivity index (χ2n) is 3.48. The fourth-order valence-electron chi connectivity index (χ4n) is 1.61. The first-order valence-corrected chi connectivity index (χ1v) is 6.83. The van der Waals surface area contributed by atoms with Gasteiger partial charge in [-0.2, -0.15) is 11.3 Å². The molecule has 3 rings (SSSR count). The fourth-order valence-corrected chi connectivity index (χ4v) is 3.07. The Kier molecular flexibility index (Phi) is 2.60. The van der Waals surface area contributed by atoms with Gasteiger partial charge in [0.25, 0.3) is 0 Å². The summed E-state index contributed by atoms with van der Waals surface area (Å²) in [6, 6.07) is 6.30. The van der Waals surface area contributed by atoms with Crippen LogP contribution >= 0.6 is 22.7 Å². The maximum atomic E-state index is 4.38. The zero-order valence-electron chi connectivity index (χ0n) is 8.51. The third-order valence-electron chi connectivity index (χ3n) is 2.42. The van der Waals surface area contributed by atoms with Crippen LogP contribution in [0.4, 0.5) is 5.82 Å². The average molecular weight is 246 g/mol. The Labute approximate surface area is 102 Å². The Morgan fingerprint density at radius 1 is 1.19 bits per heavy atom. The van der Waals surface area contributed by atoms with Gasteiger partial charge in [0.1, 0.15) is 5.82 Å². The minimum Gasteiger partial charge on any atom is -0.365 e. The van der Waals surface area contributed by atoms with Crippen LogP contribution in [-0.4, -0.2) is 4.98 Å². The van der Waals surface area contributed by atoms with Crippen molar-refractivity contribution in [1.82, 2.24) is 4.98 Å². The monoisotopic (exact) mass is 246 g/mol. The van der Waals surface area contributed by atoms with Crippen LogP contribution in [0.2, 0.25) is 0 Å². The van der Waals surface area contributed by atoms with Crippen LogP contribution in [0, 0.1) is 0 Å². The minimum absolute atomic E-state index is 0.839. The Hall–Kier alpha value is -1.39.